The highest BCUT2D eigenvalue weighted by Crippen LogP contribution is 2.35. The molecule has 0 spiro atoms. The number of nitrogens with one attached hydrogen (secondary N) is 3. The van der Waals surface area contributed by atoms with Gasteiger partial charge in [0.25, 0.3) is 0 Å². The van der Waals surface area contributed by atoms with Gasteiger partial charge in [-0.3, -0.25) is 10.1 Å². The number of rotatable bonds is 3. The fourth-order valence-electron chi connectivity index (χ4n) is 4.11. The van der Waals surface area contributed by atoms with Gasteiger partial charge in [0.05, 0.1) is 21.6 Å². The first-order chi connectivity index (χ1) is 14.8. The van der Waals surface area contributed by atoms with Crippen LogP contribution in [0.2, 0.25) is 4.34 Å². The van der Waals surface area contributed by atoms with Crippen molar-refractivity contribution >= 4 is 45.0 Å². The average molecular weight is 436 g/mol. The maximum absolute atomic E-state index is 6.14. The molecule has 0 unspecified atom stereocenters. The normalized spacial score (nSPS) is 15.4. The van der Waals surface area contributed by atoms with Gasteiger partial charge in [-0.2, -0.15) is 5.10 Å². The second-order valence-electron chi connectivity index (χ2n) is 7.50. The maximum atomic E-state index is 6.14. The van der Waals surface area contributed by atoms with Crippen molar-refractivity contribution in [2.75, 3.05) is 13.1 Å². The molecule has 0 saturated carbocycles. The first-order valence-electron chi connectivity index (χ1n) is 9.92. The Morgan fingerprint density at radius 2 is 1.87 bits per heavy atom. The van der Waals surface area contributed by atoms with Crippen LogP contribution < -0.4 is 5.32 Å². The molecule has 1 aliphatic heterocycles. The van der Waals surface area contributed by atoms with Gasteiger partial charge < -0.3 is 10.3 Å². The van der Waals surface area contributed by atoms with Crippen molar-refractivity contribution in [3.8, 4) is 22.0 Å². The fourth-order valence-corrected chi connectivity index (χ4v) is 5.16. The largest absolute Gasteiger partial charge is 0.335 e. The molecule has 6 rings (SSSR count). The number of thiophene rings is 1. The summed E-state index contributed by atoms with van der Waals surface area (Å²) in [7, 11) is 0. The highest BCUT2D eigenvalue weighted by atomic mass is 35.5. The second-order valence-corrected chi connectivity index (χ2v) is 9.22. The average Bonchev–Trinajstić information content (AvgIpc) is 3.51. The van der Waals surface area contributed by atoms with Gasteiger partial charge in [-0.1, -0.05) is 11.6 Å². The minimum atomic E-state index is 0.480. The van der Waals surface area contributed by atoms with E-state index in [0.29, 0.717) is 11.7 Å². The van der Waals surface area contributed by atoms with E-state index in [2.05, 4.69) is 37.6 Å². The lowest BCUT2D eigenvalue weighted by Crippen LogP contribution is -2.27. The molecule has 3 N–H and O–H groups in total. The van der Waals surface area contributed by atoms with Crippen LogP contribution in [0.4, 0.5) is 0 Å². The first-order valence-corrected chi connectivity index (χ1v) is 11.1. The molecule has 0 radical (unpaired) electrons. The Morgan fingerprint density at radius 3 is 2.70 bits per heavy atom. The summed E-state index contributed by atoms with van der Waals surface area (Å²) < 4.78 is 0.741. The third-order valence-corrected chi connectivity index (χ3v) is 6.91. The van der Waals surface area contributed by atoms with Gasteiger partial charge in [0.1, 0.15) is 11.0 Å². The number of piperidine rings is 1. The predicted octanol–water partition coefficient (Wildman–Crippen LogP) is 4.75. The Bertz CT molecular complexity index is 1360. The molecule has 0 amide bonds. The Balaban J connectivity index is 1.47. The summed E-state index contributed by atoms with van der Waals surface area (Å²) in [5.41, 5.74) is 6.27. The topological polar surface area (TPSA) is 95.2 Å². The smallest absolute Gasteiger partial charge is 0.161 e. The van der Waals surface area contributed by atoms with Crippen molar-refractivity contribution in [2.45, 2.75) is 18.8 Å². The van der Waals surface area contributed by atoms with E-state index in [1.807, 2.05) is 18.3 Å². The highest BCUT2D eigenvalue weighted by Gasteiger charge is 2.20. The van der Waals surface area contributed by atoms with Gasteiger partial charge in [-0.25, -0.2) is 9.97 Å². The maximum Gasteiger partial charge on any atom is 0.161 e. The highest BCUT2D eigenvalue weighted by molar-refractivity contribution is 7.19. The van der Waals surface area contributed by atoms with Crippen LogP contribution in [0.15, 0.2) is 36.7 Å². The number of aromatic nitrogens is 6. The molecule has 5 aromatic rings. The van der Waals surface area contributed by atoms with Crippen molar-refractivity contribution in [3.05, 3.63) is 46.7 Å². The van der Waals surface area contributed by atoms with Crippen LogP contribution in [0.3, 0.4) is 0 Å². The number of imidazole rings is 1. The third kappa shape index (κ3) is 2.99. The number of H-pyrrole nitrogens is 2. The standard InChI is InChI=1S/C21H18ClN7S/c22-17-4-3-16(30-17)12-9-24-10-15-18(12)27-21(26-15)20-19-14(28-29-20)2-1-13(25-19)11-5-7-23-8-6-11/h1-4,9-11,23H,5-8H2,(H,26,27)(H,28,29). The summed E-state index contributed by atoms with van der Waals surface area (Å²) in [6.07, 6.45) is 5.82. The van der Waals surface area contributed by atoms with Crippen LogP contribution in [0.5, 0.6) is 0 Å². The number of fused-ring (bicyclic) bond motifs is 2. The summed E-state index contributed by atoms with van der Waals surface area (Å²) in [6.45, 7) is 2.07. The lowest BCUT2D eigenvalue weighted by atomic mass is 9.94. The minimum absolute atomic E-state index is 0.480. The van der Waals surface area contributed by atoms with Gasteiger partial charge in [-0.15, -0.1) is 11.3 Å². The Kier molecular flexibility index (Phi) is 4.29. The molecule has 7 nitrogen and oxygen atoms in total. The monoisotopic (exact) mass is 435 g/mol. The molecule has 0 atom stereocenters. The van der Waals surface area contributed by atoms with E-state index in [1.54, 1.807) is 6.20 Å². The Labute approximate surface area is 180 Å². The molecule has 1 saturated heterocycles. The summed E-state index contributed by atoms with van der Waals surface area (Å²) in [6, 6.07) is 8.07. The molecule has 30 heavy (non-hydrogen) atoms. The summed E-state index contributed by atoms with van der Waals surface area (Å²) in [5.74, 6) is 1.16. The fraction of sp³-hybridized carbons (Fsp3) is 0.238. The molecule has 0 aliphatic carbocycles. The second kappa shape index (κ2) is 7.16. The number of halogens is 1. The lowest BCUT2D eigenvalue weighted by molar-refractivity contribution is 0.454. The SMILES string of the molecule is Clc1ccc(-c2cncc3[nH]c(-c4n[nH]c5ccc(C6CCNCC6)nc45)nc23)s1. The summed E-state index contributed by atoms with van der Waals surface area (Å²) >= 11 is 7.65. The van der Waals surface area contributed by atoms with Crippen molar-refractivity contribution < 1.29 is 0 Å². The molecule has 5 aromatic heterocycles. The predicted molar refractivity (Wildman–Crippen MR) is 120 cm³/mol. The Morgan fingerprint density at radius 1 is 0.967 bits per heavy atom. The third-order valence-electron chi connectivity index (χ3n) is 5.64. The number of aromatic amines is 2. The van der Waals surface area contributed by atoms with E-state index >= 15 is 0 Å². The molecule has 6 heterocycles. The van der Waals surface area contributed by atoms with Crippen LogP contribution in [-0.2, 0) is 0 Å². The van der Waals surface area contributed by atoms with Gasteiger partial charge in [0.15, 0.2) is 11.5 Å². The molecule has 1 aliphatic rings. The number of hydrogen-bond donors (Lipinski definition) is 3. The Hall–Kier alpha value is -2.81. The van der Waals surface area contributed by atoms with Crippen molar-refractivity contribution in [1.29, 1.82) is 0 Å². The van der Waals surface area contributed by atoms with Crippen LogP contribution >= 0.6 is 22.9 Å². The van der Waals surface area contributed by atoms with Crippen molar-refractivity contribution in [1.82, 2.24) is 35.5 Å². The lowest BCUT2D eigenvalue weighted by Gasteiger charge is -2.22. The van der Waals surface area contributed by atoms with E-state index in [-0.39, 0.29) is 0 Å². The van der Waals surface area contributed by atoms with Crippen molar-refractivity contribution in [2.24, 2.45) is 0 Å². The number of pyridine rings is 2. The zero-order valence-corrected chi connectivity index (χ0v) is 17.5. The van der Waals surface area contributed by atoms with Crippen LogP contribution in [-0.4, -0.2) is 43.2 Å². The molecule has 0 aromatic carbocycles. The van der Waals surface area contributed by atoms with E-state index in [0.717, 1.165) is 74.2 Å². The number of nitrogens with zero attached hydrogens (tertiary/aromatic N) is 4. The first kappa shape index (κ1) is 18.0. The van der Waals surface area contributed by atoms with Gasteiger partial charge in [0, 0.05) is 28.2 Å². The van der Waals surface area contributed by atoms with E-state index in [9.17, 15) is 0 Å². The molecule has 9 heteroatoms. The van der Waals surface area contributed by atoms with Gasteiger partial charge >= 0.3 is 0 Å². The molecule has 1 fully saturated rings. The zero-order chi connectivity index (χ0) is 20.1. The quantitative estimate of drug-likeness (QED) is 0.380. The summed E-state index contributed by atoms with van der Waals surface area (Å²) in [5, 5.41) is 11.0. The molecule has 150 valence electrons. The van der Waals surface area contributed by atoms with Crippen LogP contribution in [0.25, 0.3) is 44.0 Å². The van der Waals surface area contributed by atoms with E-state index < -0.39 is 0 Å². The molecular formula is C21H18ClN7S. The number of hydrogen-bond acceptors (Lipinski definition) is 6. The summed E-state index contributed by atoms with van der Waals surface area (Å²) in [4.78, 5) is 18.6. The molecule has 0 bridgehead atoms. The van der Waals surface area contributed by atoms with Crippen LogP contribution in [0, 0.1) is 0 Å². The van der Waals surface area contributed by atoms with Gasteiger partial charge in [-0.05, 0) is 50.2 Å². The minimum Gasteiger partial charge on any atom is -0.335 e. The van der Waals surface area contributed by atoms with Gasteiger partial charge in [0.2, 0.25) is 0 Å². The van der Waals surface area contributed by atoms with E-state index in [4.69, 9.17) is 21.6 Å². The van der Waals surface area contributed by atoms with Crippen molar-refractivity contribution in [3.63, 3.8) is 0 Å². The molecular weight excluding hydrogens is 418 g/mol. The van der Waals surface area contributed by atoms with E-state index in [1.165, 1.54) is 11.3 Å². The van der Waals surface area contributed by atoms with Crippen LogP contribution in [0.1, 0.15) is 24.5 Å². The zero-order valence-electron chi connectivity index (χ0n) is 15.9.